The predicted molar refractivity (Wildman–Crippen MR) is 78.6 cm³/mol. The van der Waals surface area contributed by atoms with E-state index in [-0.39, 0.29) is 30.8 Å². The number of furan rings is 1. The molecule has 0 radical (unpaired) electrons. The number of esters is 1. The van der Waals surface area contributed by atoms with E-state index in [9.17, 15) is 9.59 Å². The summed E-state index contributed by atoms with van der Waals surface area (Å²) in [5.41, 5.74) is 0.792. The van der Waals surface area contributed by atoms with Crippen LogP contribution in [0.3, 0.4) is 0 Å². The van der Waals surface area contributed by atoms with Gasteiger partial charge in [0.1, 0.15) is 11.3 Å². The van der Waals surface area contributed by atoms with E-state index in [1.807, 2.05) is 37.3 Å². The van der Waals surface area contributed by atoms with Gasteiger partial charge in [-0.05, 0) is 26.0 Å². The number of nitrogens with one attached hydrogen (secondary N) is 1. The lowest BCUT2D eigenvalue weighted by Crippen LogP contribution is -2.26. The molecule has 1 aromatic carbocycles. The molecule has 0 saturated heterocycles. The average molecular weight is 289 g/mol. The van der Waals surface area contributed by atoms with E-state index in [1.54, 1.807) is 6.92 Å². The van der Waals surface area contributed by atoms with Crippen molar-refractivity contribution in [3.63, 3.8) is 0 Å². The van der Waals surface area contributed by atoms with Gasteiger partial charge < -0.3 is 14.5 Å². The number of fused-ring (bicyclic) bond motifs is 1. The number of rotatable bonds is 6. The van der Waals surface area contributed by atoms with Gasteiger partial charge in [0.05, 0.1) is 19.1 Å². The molecule has 1 unspecified atom stereocenters. The molecule has 1 heterocycles. The summed E-state index contributed by atoms with van der Waals surface area (Å²) in [5, 5.41) is 3.81. The molecule has 0 saturated carbocycles. The smallest absolute Gasteiger partial charge is 0.306 e. The minimum atomic E-state index is -0.357. The number of para-hydroxylation sites is 1. The minimum absolute atomic E-state index is 0.0898. The molecule has 5 nitrogen and oxygen atoms in total. The number of carbonyl (C=O) groups is 2. The van der Waals surface area contributed by atoms with Crippen LogP contribution in [0.4, 0.5) is 0 Å². The van der Waals surface area contributed by atoms with Gasteiger partial charge >= 0.3 is 5.97 Å². The highest BCUT2D eigenvalue weighted by molar-refractivity contribution is 5.82. The standard InChI is InChI=1S/C16H19NO4/c1-3-20-16(19)9-8-15(18)17-11(2)14-10-12-6-4-5-7-13(12)21-14/h4-7,10-11H,3,8-9H2,1-2H3,(H,17,18). The van der Waals surface area contributed by atoms with Crippen LogP contribution in [0, 0.1) is 0 Å². The van der Waals surface area contributed by atoms with Crippen LogP contribution >= 0.6 is 0 Å². The number of carbonyl (C=O) groups excluding carboxylic acids is 2. The second kappa shape index (κ2) is 6.92. The van der Waals surface area contributed by atoms with Gasteiger partial charge in [0, 0.05) is 11.8 Å². The molecule has 1 N–H and O–H groups in total. The van der Waals surface area contributed by atoms with E-state index in [0.29, 0.717) is 12.4 Å². The third-order valence-electron chi connectivity index (χ3n) is 3.11. The van der Waals surface area contributed by atoms with Gasteiger partial charge in [-0.1, -0.05) is 18.2 Å². The van der Waals surface area contributed by atoms with Crippen molar-refractivity contribution in [3.8, 4) is 0 Å². The Morgan fingerprint density at radius 3 is 2.76 bits per heavy atom. The van der Waals surface area contributed by atoms with Gasteiger partial charge in [0.15, 0.2) is 0 Å². The maximum atomic E-state index is 11.8. The Morgan fingerprint density at radius 2 is 2.05 bits per heavy atom. The zero-order valence-electron chi connectivity index (χ0n) is 12.2. The molecule has 1 atom stereocenters. The molecule has 5 heteroatoms. The second-order valence-corrected chi connectivity index (χ2v) is 4.78. The SMILES string of the molecule is CCOC(=O)CCC(=O)NC(C)c1cc2ccccc2o1. The third kappa shape index (κ3) is 4.08. The summed E-state index contributed by atoms with van der Waals surface area (Å²) in [4.78, 5) is 23.0. The molecule has 0 bridgehead atoms. The molecule has 0 aliphatic carbocycles. The fourth-order valence-electron chi connectivity index (χ4n) is 2.05. The Hall–Kier alpha value is -2.30. The van der Waals surface area contributed by atoms with E-state index in [1.165, 1.54) is 0 Å². The Bertz CT molecular complexity index is 599. The van der Waals surface area contributed by atoms with Crippen molar-refractivity contribution < 1.29 is 18.7 Å². The lowest BCUT2D eigenvalue weighted by molar-refractivity contribution is -0.144. The molecule has 1 amide bonds. The van der Waals surface area contributed by atoms with Crippen molar-refractivity contribution in [1.82, 2.24) is 5.32 Å². The lowest BCUT2D eigenvalue weighted by Gasteiger charge is -2.11. The van der Waals surface area contributed by atoms with E-state index in [0.717, 1.165) is 11.0 Å². The molecular weight excluding hydrogens is 270 g/mol. The third-order valence-corrected chi connectivity index (χ3v) is 3.11. The van der Waals surface area contributed by atoms with Crippen molar-refractivity contribution in [2.24, 2.45) is 0 Å². The second-order valence-electron chi connectivity index (χ2n) is 4.78. The molecular formula is C16H19NO4. The summed E-state index contributed by atoms with van der Waals surface area (Å²) >= 11 is 0. The van der Waals surface area contributed by atoms with Crippen LogP contribution in [-0.4, -0.2) is 18.5 Å². The first-order chi connectivity index (χ1) is 10.1. The first-order valence-corrected chi connectivity index (χ1v) is 7.03. The highest BCUT2D eigenvalue weighted by Gasteiger charge is 2.15. The molecule has 0 spiro atoms. The Balaban J connectivity index is 1.90. The van der Waals surface area contributed by atoms with E-state index in [2.05, 4.69) is 5.32 Å². The van der Waals surface area contributed by atoms with Crippen molar-refractivity contribution in [1.29, 1.82) is 0 Å². The van der Waals surface area contributed by atoms with Crippen LogP contribution in [0.1, 0.15) is 38.5 Å². The number of amides is 1. The van der Waals surface area contributed by atoms with Crippen LogP contribution in [-0.2, 0) is 14.3 Å². The van der Waals surface area contributed by atoms with Gasteiger partial charge in [-0.15, -0.1) is 0 Å². The quantitative estimate of drug-likeness (QED) is 0.830. The predicted octanol–water partition coefficient (Wildman–Crippen LogP) is 2.95. The molecule has 1 aromatic heterocycles. The summed E-state index contributed by atoms with van der Waals surface area (Å²) in [5.74, 6) is 0.140. The summed E-state index contributed by atoms with van der Waals surface area (Å²) in [6, 6.07) is 9.34. The molecule has 2 aromatic rings. The van der Waals surface area contributed by atoms with E-state index < -0.39 is 0 Å². The highest BCUT2D eigenvalue weighted by atomic mass is 16.5. The number of hydrogen-bond acceptors (Lipinski definition) is 4. The van der Waals surface area contributed by atoms with Crippen LogP contribution in [0.2, 0.25) is 0 Å². The molecule has 21 heavy (non-hydrogen) atoms. The fourth-order valence-corrected chi connectivity index (χ4v) is 2.05. The molecule has 0 aliphatic rings. The zero-order valence-corrected chi connectivity index (χ0v) is 12.2. The summed E-state index contributed by atoms with van der Waals surface area (Å²) in [6.45, 7) is 3.91. The Kier molecular flexibility index (Phi) is 4.98. The van der Waals surface area contributed by atoms with Gasteiger partial charge in [-0.3, -0.25) is 9.59 Å². The van der Waals surface area contributed by atoms with Crippen LogP contribution in [0.15, 0.2) is 34.7 Å². The van der Waals surface area contributed by atoms with Crippen molar-refractivity contribution >= 4 is 22.8 Å². The van der Waals surface area contributed by atoms with Gasteiger partial charge in [0.25, 0.3) is 0 Å². The molecule has 112 valence electrons. The fraction of sp³-hybridized carbons (Fsp3) is 0.375. The topological polar surface area (TPSA) is 68.5 Å². The van der Waals surface area contributed by atoms with Gasteiger partial charge in [0.2, 0.25) is 5.91 Å². The van der Waals surface area contributed by atoms with Gasteiger partial charge in [-0.2, -0.15) is 0 Å². The van der Waals surface area contributed by atoms with E-state index >= 15 is 0 Å². The lowest BCUT2D eigenvalue weighted by atomic mass is 10.2. The molecule has 2 rings (SSSR count). The Morgan fingerprint density at radius 1 is 1.29 bits per heavy atom. The van der Waals surface area contributed by atoms with Crippen LogP contribution in [0.5, 0.6) is 0 Å². The monoisotopic (exact) mass is 289 g/mol. The maximum Gasteiger partial charge on any atom is 0.306 e. The highest BCUT2D eigenvalue weighted by Crippen LogP contribution is 2.23. The number of hydrogen-bond donors (Lipinski definition) is 1. The Labute approximate surface area is 123 Å². The summed E-state index contributed by atoms with van der Waals surface area (Å²) in [6.07, 6.45) is 0.204. The number of benzene rings is 1. The number of ether oxygens (including phenoxy) is 1. The summed E-state index contributed by atoms with van der Waals surface area (Å²) in [7, 11) is 0. The van der Waals surface area contributed by atoms with Crippen molar-refractivity contribution in [3.05, 3.63) is 36.1 Å². The van der Waals surface area contributed by atoms with Gasteiger partial charge in [-0.25, -0.2) is 0 Å². The first kappa shape index (κ1) is 15.1. The normalized spacial score (nSPS) is 12.1. The molecule has 0 fully saturated rings. The maximum absolute atomic E-state index is 11.8. The van der Waals surface area contributed by atoms with Crippen molar-refractivity contribution in [2.75, 3.05) is 6.61 Å². The zero-order chi connectivity index (χ0) is 15.2. The molecule has 0 aliphatic heterocycles. The first-order valence-electron chi connectivity index (χ1n) is 7.03. The largest absolute Gasteiger partial charge is 0.466 e. The van der Waals surface area contributed by atoms with Crippen molar-refractivity contribution in [2.45, 2.75) is 32.7 Å². The van der Waals surface area contributed by atoms with E-state index in [4.69, 9.17) is 9.15 Å². The van der Waals surface area contributed by atoms with Crippen LogP contribution < -0.4 is 5.32 Å². The van der Waals surface area contributed by atoms with Crippen LogP contribution in [0.25, 0.3) is 11.0 Å². The minimum Gasteiger partial charge on any atom is -0.466 e. The summed E-state index contributed by atoms with van der Waals surface area (Å²) < 4.78 is 10.5. The average Bonchev–Trinajstić information content (AvgIpc) is 2.89.